The van der Waals surface area contributed by atoms with Crippen LogP contribution in [0.1, 0.15) is 95.5 Å². The van der Waals surface area contributed by atoms with Crippen LogP contribution in [0.2, 0.25) is 0 Å². The molecule has 4 heteroatoms. The molecule has 2 heterocycles. The summed E-state index contributed by atoms with van der Waals surface area (Å²) in [5.74, 6) is 0.354. The maximum atomic E-state index is 11.4. The number of pyridine rings is 1. The second-order valence-electron chi connectivity index (χ2n) is 18.5. The molecule has 0 fully saturated rings. The molecule has 0 bridgehead atoms. The average molecular weight is 782 g/mol. The Hall–Kier alpha value is -6.26. The Labute approximate surface area is 361 Å². The van der Waals surface area contributed by atoms with E-state index in [1.807, 2.05) is 47.0 Å². The van der Waals surface area contributed by atoms with Crippen LogP contribution in [0.3, 0.4) is 0 Å². The molecule has 59 heavy (non-hydrogen) atoms. The highest BCUT2D eigenvalue weighted by atomic mass is 16.3. The van der Waals surface area contributed by atoms with Crippen LogP contribution in [0, 0.1) is 6.85 Å². The maximum absolute atomic E-state index is 11.4. The van der Waals surface area contributed by atoms with E-state index in [1.165, 1.54) is 0 Å². The number of aromatic nitrogens is 3. The van der Waals surface area contributed by atoms with Gasteiger partial charge in [0.05, 0.1) is 34.8 Å². The molecule has 4 nitrogen and oxygen atoms in total. The molecule has 8 rings (SSSR count). The number of hydrogen-bond donors (Lipinski definition) is 1. The topological polar surface area (TPSA) is 50.9 Å². The van der Waals surface area contributed by atoms with Gasteiger partial charge in [-0.05, 0) is 128 Å². The van der Waals surface area contributed by atoms with Crippen molar-refractivity contribution >= 4 is 11.0 Å². The van der Waals surface area contributed by atoms with E-state index in [4.69, 9.17) is 20.9 Å². The van der Waals surface area contributed by atoms with Gasteiger partial charge in [0.15, 0.2) is 0 Å². The van der Waals surface area contributed by atoms with Crippen molar-refractivity contribution in [2.24, 2.45) is 0 Å². The molecule has 0 aliphatic heterocycles. The first-order valence-electron chi connectivity index (χ1n) is 24.0. The molecule has 0 saturated carbocycles. The highest BCUT2D eigenvalue weighted by Crippen LogP contribution is 2.41. The zero-order valence-electron chi connectivity index (χ0n) is 43.3. The van der Waals surface area contributed by atoms with Crippen LogP contribution in [0.5, 0.6) is 5.75 Å². The molecule has 296 valence electrons. The quantitative estimate of drug-likeness (QED) is 0.183. The van der Waals surface area contributed by atoms with Gasteiger partial charge in [0.2, 0.25) is 0 Å². The van der Waals surface area contributed by atoms with Crippen molar-refractivity contribution in [1.82, 2.24) is 14.5 Å². The number of aryl methyl sites for hydroxylation is 1. The van der Waals surface area contributed by atoms with Crippen LogP contribution in [0.15, 0.2) is 146 Å². The van der Waals surface area contributed by atoms with Crippen molar-refractivity contribution in [3.8, 4) is 67.5 Å². The van der Waals surface area contributed by atoms with E-state index in [2.05, 4.69) is 92.6 Å². The lowest BCUT2D eigenvalue weighted by Gasteiger charge is -2.26. The van der Waals surface area contributed by atoms with Gasteiger partial charge in [0.25, 0.3) is 0 Å². The lowest BCUT2D eigenvalue weighted by molar-refractivity contribution is 0.477. The largest absolute Gasteiger partial charge is 0.507 e. The van der Waals surface area contributed by atoms with E-state index in [9.17, 15) is 5.11 Å². The highest BCUT2D eigenvalue weighted by molar-refractivity contribution is 5.97. The van der Waals surface area contributed by atoms with E-state index in [0.29, 0.717) is 39.4 Å². The Morgan fingerprint density at radius 2 is 1.19 bits per heavy atom. The summed E-state index contributed by atoms with van der Waals surface area (Å²) in [5.41, 5.74) is 9.88. The van der Waals surface area contributed by atoms with Crippen LogP contribution in [0.4, 0.5) is 0 Å². The molecule has 8 aromatic rings. The number of nitrogens with zero attached hydrogens (tertiary/aromatic N) is 3. The first-order chi connectivity index (χ1) is 31.2. The van der Waals surface area contributed by atoms with Crippen LogP contribution < -0.4 is 0 Å². The number of benzene rings is 6. The first kappa shape index (κ1) is 30.8. The van der Waals surface area contributed by atoms with Crippen LogP contribution >= 0.6 is 0 Å². The summed E-state index contributed by atoms with van der Waals surface area (Å²) in [6.07, 6.45) is 1.58. The lowest BCUT2D eigenvalue weighted by atomic mass is 9.79. The van der Waals surface area contributed by atoms with Gasteiger partial charge >= 0.3 is 0 Å². The molecule has 6 aromatic carbocycles. The second-order valence-corrected chi connectivity index (χ2v) is 18.5. The zero-order valence-corrected chi connectivity index (χ0v) is 35.3. The minimum Gasteiger partial charge on any atom is -0.507 e. The zero-order chi connectivity index (χ0) is 48.7. The van der Waals surface area contributed by atoms with Crippen LogP contribution in [-0.2, 0) is 16.2 Å². The molecule has 2 aromatic heterocycles. The number of hydrogen-bond acceptors (Lipinski definition) is 3. The number of rotatable bonds is 6. The minimum atomic E-state index is -2.54. The van der Waals surface area contributed by atoms with Gasteiger partial charge in [0.1, 0.15) is 11.6 Å². The smallest absolute Gasteiger partial charge is 0.149 e. The summed E-state index contributed by atoms with van der Waals surface area (Å²) < 4.78 is 70.7. The summed E-state index contributed by atoms with van der Waals surface area (Å²) in [4.78, 5) is 10.0. The number of para-hydroxylation sites is 2. The van der Waals surface area contributed by atoms with Gasteiger partial charge in [-0.15, -0.1) is 0 Å². The van der Waals surface area contributed by atoms with E-state index in [1.54, 1.807) is 42.6 Å². The molecule has 0 spiro atoms. The molecule has 0 unspecified atom stereocenters. The molecular weight excluding hydrogens is 719 g/mol. The summed E-state index contributed by atoms with van der Waals surface area (Å²) >= 11 is 0. The minimum absolute atomic E-state index is 0.0107. The third kappa shape index (κ3) is 7.84. The molecule has 0 aliphatic rings. The van der Waals surface area contributed by atoms with E-state index >= 15 is 0 Å². The molecule has 0 aliphatic carbocycles. The van der Waals surface area contributed by atoms with Crippen LogP contribution in [0.25, 0.3) is 72.7 Å². The molecule has 0 saturated heterocycles. The number of aromatic hydroxyl groups is 1. The highest BCUT2D eigenvalue weighted by Gasteiger charge is 2.24. The SMILES string of the molecule is [2H]c1c([2H])c([2H])c(-c2ccnc(-c3cc(-c4cccc5c4nc(-c4ccccc4O)n5-c4ccc(-c5cc(C(C)(C)C)cc(C(C)(C)C)c5)cc4C([2H])([2H])[2H])cc(C(C)(C)C)c3)c2)c([2H])c1[2H]. The van der Waals surface area contributed by atoms with Crippen molar-refractivity contribution in [2.45, 2.75) is 85.4 Å². The summed E-state index contributed by atoms with van der Waals surface area (Å²) in [7, 11) is 0. The van der Waals surface area contributed by atoms with Gasteiger partial charge in [-0.2, -0.15) is 0 Å². The van der Waals surface area contributed by atoms with Crippen molar-refractivity contribution in [1.29, 1.82) is 0 Å². The monoisotopic (exact) mass is 781 g/mol. The Balaban J connectivity index is 1.37. The normalized spacial score (nSPS) is 14.5. The summed E-state index contributed by atoms with van der Waals surface area (Å²) in [5, 5.41) is 11.4. The van der Waals surface area contributed by atoms with Gasteiger partial charge in [-0.1, -0.05) is 147 Å². The van der Waals surface area contributed by atoms with Gasteiger partial charge in [-0.3, -0.25) is 9.55 Å². The number of phenolic OH excluding ortho intramolecular Hbond substituents is 1. The van der Waals surface area contributed by atoms with E-state index in [0.717, 1.165) is 44.5 Å². The Bertz CT molecular complexity index is 3190. The predicted octanol–water partition coefficient (Wildman–Crippen LogP) is 14.7. The van der Waals surface area contributed by atoms with Gasteiger partial charge in [0, 0.05) is 21.4 Å². The number of fused-ring (bicyclic) bond motifs is 1. The number of imidazole rings is 1. The Kier molecular flexibility index (Phi) is 7.74. The molecular formula is C55H55N3O. The molecule has 0 radical (unpaired) electrons. The summed E-state index contributed by atoms with van der Waals surface area (Å²) in [6, 6.07) is 32.5. The van der Waals surface area contributed by atoms with Gasteiger partial charge in [-0.25, -0.2) is 4.98 Å². The fourth-order valence-electron chi connectivity index (χ4n) is 7.49. The first-order valence-corrected chi connectivity index (χ1v) is 20.0. The van der Waals surface area contributed by atoms with Crippen molar-refractivity contribution in [3.05, 3.63) is 168 Å². The van der Waals surface area contributed by atoms with Crippen molar-refractivity contribution in [2.75, 3.05) is 0 Å². The summed E-state index contributed by atoms with van der Waals surface area (Å²) in [6.45, 7) is 16.9. The third-order valence-corrected chi connectivity index (χ3v) is 11.0. The van der Waals surface area contributed by atoms with Crippen molar-refractivity contribution in [3.63, 3.8) is 0 Å². The Morgan fingerprint density at radius 3 is 1.86 bits per heavy atom. The fraction of sp³-hybridized carbons (Fsp3) is 0.236. The molecule has 0 atom stereocenters. The second kappa shape index (κ2) is 14.8. The van der Waals surface area contributed by atoms with E-state index in [-0.39, 0.29) is 45.2 Å². The number of phenols is 1. The standard InChI is InChI=1S/C55H55N3O/c1-35-27-37(39-29-43(54(5,6)7)34-44(30-39)55(8,9)10)23-24-48(35)58-49-21-16-20-45(51(49)57-52(58)46-19-14-15-22-50(46)59)40-28-41(32-42(31-40)53(2,3)4)47-33-38(25-26-56-47)36-17-12-11-13-18-36/h11-34,59H,1-10H3/i1D3,11D,12D,13D,17D,18D. The fourth-order valence-corrected chi connectivity index (χ4v) is 7.49. The van der Waals surface area contributed by atoms with Crippen LogP contribution in [-0.4, -0.2) is 19.6 Å². The maximum Gasteiger partial charge on any atom is 0.149 e. The van der Waals surface area contributed by atoms with E-state index < -0.39 is 25.0 Å². The third-order valence-electron chi connectivity index (χ3n) is 11.0. The van der Waals surface area contributed by atoms with Crippen molar-refractivity contribution < 1.29 is 16.1 Å². The molecule has 1 N–H and O–H groups in total. The Morgan fingerprint density at radius 1 is 0.559 bits per heavy atom. The molecule has 0 amide bonds. The average Bonchev–Trinajstić information content (AvgIpc) is 3.66. The predicted molar refractivity (Wildman–Crippen MR) is 249 cm³/mol. The lowest BCUT2D eigenvalue weighted by Crippen LogP contribution is -2.16. The van der Waals surface area contributed by atoms with Gasteiger partial charge < -0.3 is 5.11 Å².